The van der Waals surface area contributed by atoms with Crippen molar-refractivity contribution in [3.05, 3.63) is 47.3 Å². The van der Waals surface area contributed by atoms with Gasteiger partial charge in [0, 0.05) is 23.2 Å². The van der Waals surface area contributed by atoms with Gasteiger partial charge in [-0.3, -0.25) is 4.79 Å². The minimum absolute atomic E-state index is 0.0701. The number of rotatable bonds is 5. The van der Waals surface area contributed by atoms with E-state index in [1.807, 2.05) is 36.7 Å². The summed E-state index contributed by atoms with van der Waals surface area (Å²) in [5.74, 6) is -0.0976. The summed E-state index contributed by atoms with van der Waals surface area (Å²) in [7, 11) is 0. The molecule has 0 unspecified atom stereocenters. The molecule has 1 saturated carbocycles. The molecule has 2 N–H and O–H groups in total. The van der Waals surface area contributed by atoms with Crippen LogP contribution in [0.4, 0.5) is 0 Å². The van der Waals surface area contributed by atoms with Gasteiger partial charge in [0.1, 0.15) is 0 Å². The van der Waals surface area contributed by atoms with Crippen LogP contribution in [-0.4, -0.2) is 33.9 Å². The maximum atomic E-state index is 12.1. The highest BCUT2D eigenvalue weighted by Crippen LogP contribution is 2.44. The molecule has 1 aliphatic carbocycles. The van der Waals surface area contributed by atoms with E-state index in [2.05, 4.69) is 10.4 Å². The Morgan fingerprint density at radius 3 is 2.50 bits per heavy atom. The van der Waals surface area contributed by atoms with Crippen LogP contribution < -0.4 is 5.32 Å². The van der Waals surface area contributed by atoms with Crippen molar-refractivity contribution in [3.8, 4) is 5.69 Å². The van der Waals surface area contributed by atoms with E-state index in [1.165, 1.54) is 0 Å². The first-order valence-corrected chi connectivity index (χ1v) is 7.56. The Bertz CT molecular complexity index is 684. The second-order valence-corrected chi connectivity index (χ2v) is 6.23. The Hall–Kier alpha value is -2.14. The minimum Gasteiger partial charge on any atom is -0.396 e. The van der Waals surface area contributed by atoms with Gasteiger partial charge >= 0.3 is 0 Å². The van der Waals surface area contributed by atoms with E-state index >= 15 is 0 Å². The molecule has 1 aromatic carbocycles. The fraction of sp³-hybridized carbons (Fsp3) is 0.412. The summed E-state index contributed by atoms with van der Waals surface area (Å²) >= 11 is 0. The molecule has 5 heteroatoms. The number of aliphatic hydroxyl groups is 1. The zero-order valence-corrected chi connectivity index (χ0v) is 13.0. The summed E-state index contributed by atoms with van der Waals surface area (Å²) in [6.45, 7) is 4.65. The monoisotopic (exact) mass is 299 g/mol. The lowest BCUT2D eigenvalue weighted by Gasteiger charge is -2.13. The van der Waals surface area contributed by atoms with Crippen molar-refractivity contribution >= 4 is 5.91 Å². The van der Waals surface area contributed by atoms with Gasteiger partial charge in [-0.05, 0) is 57.0 Å². The molecule has 1 fully saturated rings. The van der Waals surface area contributed by atoms with Crippen LogP contribution >= 0.6 is 0 Å². The third-order valence-electron chi connectivity index (χ3n) is 4.30. The molecule has 0 saturated heterocycles. The van der Waals surface area contributed by atoms with E-state index in [1.54, 1.807) is 12.1 Å². The number of aromatic nitrogens is 2. The highest BCUT2D eigenvalue weighted by molar-refractivity contribution is 5.94. The Labute approximate surface area is 130 Å². The van der Waals surface area contributed by atoms with E-state index in [9.17, 15) is 9.90 Å². The third-order valence-corrected chi connectivity index (χ3v) is 4.30. The first-order chi connectivity index (χ1) is 10.5. The summed E-state index contributed by atoms with van der Waals surface area (Å²) in [4.78, 5) is 12.1. The van der Waals surface area contributed by atoms with Crippen LogP contribution in [0.1, 0.15) is 34.6 Å². The van der Waals surface area contributed by atoms with Crippen molar-refractivity contribution in [1.29, 1.82) is 0 Å². The predicted molar refractivity (Wildman–Crippen MR) is 84.1 cm³/mol. The number of nitrogens with one attached hydrogen (secondary N) is 1. The first kappa shape index (κ1) is 14.8. The largest absolute Gasteiger partial charge is 0.396 e. The van der Waals surface area contributed by atoms with E-state index < -0.39 is 0 Å². The van der Waals surface area contributed by atoms with Crippen molar-refractivity contribution in [2.24, 2.45) is 5.41 Å². The highest BCUT2D eigenvalue weighted by atomic mass is 16.3. The number of carbonyl (C=O) groups excluding carboxylic acids is 1. The molecule has 0 spiro atoms. The Morgan fingerprint density at radius 2 is 2.00 bits per heavy atom. The Kier molecular flexibility index (Phi) is 3.74. The molecule has 1 heterocycles. The van der Waals surface area contributed by atoms with Crippen molar-refractivity contribution in [2.45, 2.75) is 26.7 Å². The third kappa shape index (κ3) is 2.90. The molecule has 3 rings (SSSR count). The second-order valence-electron chi connectivity index (χ2n) is 6.23. The van der Waals surface area contributed by atoms with Crippen LogP contribution in [0.15, 0.2) is 30.3 Å². The fourth-order valence-electron chi connectivity index (χ4n) is 2.58. The maximum absolute atomic E-state index is 12.1. The normalized spacial score (nSPS) is 15.6. The van der Waals surface area contributed by atoms with Crippen molar-refractivity contribution in [3.63, 3.8) is 0 Å². The summed E-state index contributed by atoms with van der Waals surface area (Å²) in [6.07, 6.45) is 1.97. The van der Waals surface area contributed by atoms with Gasteiger partial charge in [0.2, 0.25) is 0 Å². The molecule has 0 atom stereocenters. The van der Waals surface area contributed by atoms with Gasteiger partial charge in [-0.2, -0.15) is 5.10 Å². The minimum atomic E-state index is -0.0976. The molecule has 0 bridgehead atoms. The lowest BCUT2D eigenvalue weighted by atomic mass is 10.1. The molecule has 1 aromatic heterocycles. The quantitative estimate of drug-likeness (QED) is 0.887. The van der Waals surface area contributed by atoms with Crippen LogP contribution in [-0.2, 0) is 0 Å². The molecule has 1 aliphatic rings. The van der Waals surface area contributed by atoms with Crippen LogP contribution in [0.2, 0.25) is 0 Å². The smallest absolute Gasteiger partial charge is 0.251 e. The van der Waals surface area contributed by atoms with Crippen LogP contribution in [0.5, 0.6) is 0 Å². The molecule has 116 valence electrons. The molecule has 1 amide bonds. The summed E-state index contributed by atoms with van der Waals surface area (Å²) in [6, 6.07) is 9.42. The molecule has 22 heavy (non-hydrogen) atoms. The number of aryl methyl sites for hydroxylation is 2. The van der Waals surface area contributed by atoms with Crippen LogP contribution in [0.3, 0.4) is 0 Å². The van der Waals surface area contributed by atoms with Crippen LogP contribution in [0.25, 0.3) is 5.69 Å². The number of hydrogen-bond donors (Lipinski definition) is 2. The average molecular weight is 299 g/mol. The molecule has 5 nitrogen and oxygen atoms in total. The number of hydrogen-bond acceptors (Lipinski definition) is 3. The second kappa shape index (κ2) is 5.57. The zero-order chi connectivity index (χ0) is 15.7. The highest BCUT2D eigenvalue weighted by Gasteiger charge is 2.42. The zero-order valence-electron chi connectivity index (χ0n) is 13.0. The molecular formula is C17H21N3O2. The van der Waals surface area contributed by atoms with Gasteiger partial charge in [-0.15, -0.1) is 0 Å². The Balaban J connectivity index is 1.68. The number of nitrogens with zero attached hydrogens (tertiary/aromatic N) is 2. The summed E-state index contributed by atoms with van der Waals surface area (Å²) in [5, 5.41) is 16.6. The molecule has 0 radical (unpaired) electrons. The molecular weight excluding hydrogens is 278 g/mol. The van der Waals surface area contributed by atoms with Gasteiger partial charge in [-0.25, -0.2) is 4.68 Å². The standard InChI is InChI=1S/C17H21N3O2/c1-12-9-13(2)20(19-12)15-5-3-14(4-6-15)16(22)18-10-17(11-21)7-8-17/h3-6,9,21H,7-8,10-11H2,1-2H3,(H,18,22). The number of carbonyl (C=O) groups is 1. The van der Waals surface area contributed by atoms with Crippen molar-refractivity contribution in [2.75, 3.05) is 13.2 Å². The van der Waals surface area contributed by atoms with Gasteiger partial charge in [0.15, 0.2) is 0 Å². The molecule has 2 aromatic rings. The van der Waals surface area contributed by atoms with E-state index in [4.69, 9.17) is 0 Å². The fourth-order valence-corrected chi connectivity index (χ4v) is 2.58. The van der Waals surface area contributed by atoms with Gasteiger partial charge in [0.05, 0.1) is 18.0 Å². The van der Waals surface area contributed by atoms with Gasteiger partial charge in [0.25, 0.3) is 5.91 Å². The lowest BCUT2D eigenvalue weighted by Crippen LogP contribution is -2.31. The number of benzene rings is 1. The van der Waals surface area contributed by atoms with Crippen molar-refractivity contribution < 1.29 is 9.90 Å². The summed E-state index contributed by atoms with van der Waals surface area (Å²) < 4.78 is 1.86. The van der Waals surface area contributed by atoms with E-state index in [-0.39, 0.29) is 17.9 Å². The topological polar surface area (TPSA) is 67.2 Å². The Morgan fingerprint density at radius 1 is 1.32 bits per heavy atom. The SMILES string of the molecule is Cc1cc(C)n(-c2ccc(C(=O)NCC3(CO)CC3)cc2)n1. The van der Waals surface area contributed by atoms with E-state index in [0.29, 0.717) is 12.1 Å². The van der Waals surface area contributed by atoms with Gasteiger partial charge in [-0.1, -0.05) is 0 Å². The first-order valence-electron chi connectivity index (χ1n) is 7.56. The van der Waals surface area contributed by atoms with E-state index in [0.717, 1.165) is 29.9 Å². The van der Waals surface area contributed by atoms with Gasteiger partial charge < -0.3 is 10.4 Å². The van der Waals surface area contributed by atoms with Crippen LogP contribution in [0, 0.1) is 19.3 Å². The number of amides is 1. The molecule has 0 aliphatic heterocycles. The lowest BCUT2D eigenvalue weighted by molar-refractivity contribution is 0.0935. The average Bonchev–Trinajstić information content (AvgIpc) is 3.23. The maximum Gasteiger partial charge on any atom is 0.251 e. The predicted octanol–water partition coefficient (Wildman–Crippen LogP) is 1.99. The summed E-state index contributed by atoms with van der Waals surface area (Å²) in [5.41, 5.74) is 3.53. The number of aliphatic hydroxyl groups excluding tert-OH is 1. The van der Waals surface area contributed by atoms with Crippen molar-refractivity contribution in [1.82, 2.24) is 15.1 Å².